The van der Waals surface area contributed by atoms with E-state index in [-0.39, 0.29) is 0 Å². The van der Waals surface area contributed by atoms with Gasteiger partial charge in [-0.2, -0.15) is 11.3 Å². The molecule has 2 aromatic rings. The Hall–Kier alpha value is -2.09. The highest BCUT2D eigenvalue weighted by Gasteiger charge is 2.17. The third-order valence-corrected chi connectivity index (χ3v) is 5.88. The highest BCUT2D eigenvalue weighted by molar-refractivity contribution is 7.07. The lowest BCUT2D eigenvalue weighted by atomic mass is 10.1. The van der Waals surface area contributed by atoms with Crippen molar-refractivity contribution in [1.29, 1.82) is 0 Å². The fraction of sp³-hybridized carbons (Fsp3) is 0.500. The Bertz CT molecular complexity index is 745. The number of benzene rings is 1. The summed E-state index contributed by atoms with van der Waals surface area (Å²) in [4.78, 5) is 6.68. The van der Waals surface area contributed by atoms with Crippen molar-refractivity contribution in [2.24, 2.45) is 4.99 Å². The molecule has 1 aromatic heterocycles. The van der Waals surface area contributed by atoms with Crippen LogP contribution in [0.15, 0.2) is 46.1 Å². The molecule has 1 fully saturated rings. The average Bonchev–Trinajstić information content (AvgIpc) is 3.28. The van der Waals surface area contributed by atoms with Crippen molar-refractivity contribution in [2.75, 3.05) is 40.5 Å². The van der Waals surface area contributed by atoms with Crippen LogP contribution >= 0.6 is 11.3 Å². The second-order valence-electron chi connectivity index (χ2n) is 7.23. The number of aliphatic imine (C=N–C) groups is 1. The molecule has 0 atom stereocenters. The molecule has 0 aliphatic carbocycles. The van der Waals surface area contributed by atoms with Crippen LogP contribution in [0.25, 0.3) is 0 Å². The van der Waals surface area contributed by atoms with Crippen LogP contribution in [-0.2, 0) is 17.8 Å². The Morgan fingerprint density at radius 3 is 2.72 bits per heavy atom. The molecule has 29 heavy (non-hydrogen) atoms. The summed E-state index contributed by atoms with van der Waals surface area (Å²) in [7, 11) is 3.96. The zero-order valence-corrected chi connectivity index (χ0v) is 18.2. The third kappa shape index (κ3) is 7.34. The van der Waals surface area contributed by atoms with Gasteiger partial charge in [0, 0.05) is 45.9 Å². The molecule has 7 heteroatoms. The quantitative estimate of drug-likeness (QED) is 0.486. The lowest BCUT2D eigenvalue weighted by molar-refractivity contribution is 0.0392. The normalized spacial score (nSPS) is 15.5. The van der Waals surface area contributed by atoms with E-state index in [2.05, 4.69) is 56.5 Å². The summed E-state index contributed by atoms with van der Waals surface area (Å²) < 4.78 is 11.4. The Morgan fingerprint density at radius 1 is 1.21 bits per heavy atom. The number of hydrogen-bond donors (Lipinski definition) is 2. The number of ether oxygens (including phenoxy) is 2. The van der Waals surface area contributed by atoms with Gasteiger partial charge in [0.15, 0.2) is 5.96 Å². The van der Waals surface area contributed by atoms with Gasteiger partial charge in [0.25, 0.3) is 0 Å². The van der Waals surface area contributed by atoms with Gasteiger partial charge < -0.3 is 20.1 Å². The smallest absolute Gasteiger partial charge is 0.191 e. The largest absolute Gasteiger partial charge is 0.492 e. The average molecular weight is 417 g/mol. The maximum atomic E-state index is 5.99. The summed E-state index contributed by atoms with van der Waals surface area (Å²) in [5, 5.41) is 10.9. The van der Waals surface area contributed by atoms with Gasteiger partial charge in [-0.15, -0.1) is 0 Å². The summed E-state index contributed by atoms with van der Waals surface area (Å²) in [6, 6.07) is 11.0. The molecule has 2 N–H and O–H groups in total. The number of hydrogen-bond acceptors (Lipinski definition) is 5. The molecule has 0 radical (unpaired) electrons. The first-order valence-corrected chi connectivity index (χ1v) is 11.1. The predicted molar refractivity (Wildman–Crippen MR) is 120 cm³/mol. The molecule has 0 unspecified atom stereocenters. The molecule has 1 saturated heterocycles. The molecule has 158 valence electrons. The lowest BCUT2D eigenvalue weighted by Crippen LogP contribution is -2.38. The summed E-state index contributed by atoms with van der Waals surface area (Å²) in [5.74, 6) is 1.70. The Labute approximate surface area is 177 Å². The first-order valence-electron chi connectivity index (χ1n) is 10.2. The zero-order valence-electron chi connectivity index (χ0n) is 17.4. The predicted octanol–water partition coefficient (Wildman–Crippen LogP) is 3.10. The van der Waals surface area contributed by atoms with Crippen molar-refractivity contribution in [3.05, 3.63) is 52.2 Å². The van der Waals surface area contributed by atoms with Crippen molar-refractivity contribution < 1.29 is 9.47 Å². The van der Waals surface area contributed by atoms with Crippen LogP contribution in [0, 0.1) is 0 Å². The summed E-state index contributed by atoms with van der Waals surface area (Å²) >= 11 is 1.70. The van der Waals surface area contributed by atoms with Crippen LogP contribution < -0.4 is 15.4 Å². The third-order valence-electron chi connectivity index (χ3n) is 5.15. The summed E-state index contributed by atoms with van der Waals surface area (Å²) in [6.45, 7) is 4.82. The molecule has 3 rings (SSSR count). The highest BCUT2D eigenvalue weighted by atomic mass is 32.1. The van der Waals surface area contributed by atoms with Gasteiger partial charge in [-0.3, -0.25) is 9.89 Å². The first-order chi connectivity index (χ1) is 14.2. The van der Waals surface area contributed by atoms with E-state index < -0.39 is 0 Å². The minimum atomic E-state index is 0.608. The van der Waals surface area contributed by atoms with Crippen molar-refractivity contribution in [2.45, 2.75) is 32.0 Å². The molecular formula is C22H32N4O2S. The second kappa shape index (κ2) is 11.8. The monoisotopic (exact) mass is 416 g/mol. The summed E-state index contributed by atoms with van der Waals surface area (Å²) in [5.41, 5.74) is 2.43. The van der Waals surface area contributed by atoms with E-state index >= 15 is 0 Å². The standard InChI is InChI=1S/C22H32N4O2S/c1-23-22(25-16-19-8-13-29-17-19)24-15-18-4-3-5-21(14-18)28-12-9-26(2)20-6-10-27-11-7-20/h3-5,8,13-14,17,20H,6-7,9-12,15-16H2,1-2H3,(H2,23,24,25). The molecule has 0 bridgehead atoms. The molecule has 1 aliphatic heterocycles. The number of nitrogens with zero attached hydrogens (tertiary/aromatic N) is 2. The van der Waals surface area contributed by atoms with E-state index in [9.17, 15) is 0 Å². The van der Waals surface area contributed by atoms with Crippen LogP contribution in [0.5, 0.6) is 5.75 Å². The Balaban J connectivity index is 1.40. The number of likely N-dealkylation sites (N-methyl/N-ethyl adjacent to an activating group) is 1. The van der Waals surface area contributed by atoms with Crippen LogP contribution in [0.2, 0.25) is 0 Å². The van der Waals surface area contributed by atoms with Gasteiger partial charge in [-0.1, -0.05) is 12.1 Å². The van der Waals surface area contributed by atoms with Gasteiger partial charge in [0.2, 0.25) is 0 Å². The number of thiophene rings is 1. The van der Waals surface area contributed by atoms with Gasteiger partial charge in [-0.05, 0) is 60.0 Å². The van der Waals surface area contributed by atoms with Gasteiger partial charge in [0.1, 0.15) is 12.4 Å². The van der Waals surface area contributed by atoms with Crippen LogP contribution in [-0.4, -0.2) is 57.4 Å². The maximum absolute atomic E-state index is 5.99. The van der Waals surface area contributed by atoms with Crippen molar-refractivity contribution in [3.63, 3.8) is 0 Å². The number of guanidine groups is 1. The van der Waals surface area contributed by atoms with Crippen molar-refractivity contribution >= 4 is 17.3 Å². The first kappa shape index (κ1) is 21.6. The molecule has 0 spiro atoms. The molecule has 2 heterocycles. The fourth-order valence-electron chi connectivity index (χ4n) is 3.35. The molecule has 6 nitrogen and oxygen atoms in total. The van der Waals surface area contributed by atoms with Gasteiger partial charge in [-0.25, -0.2) is 0 Å². The fourth-order valence-corrected chi connectivity index (χ4v) is 4.02. The second-order valence-corrected chi connectivity index (χ2v) is 8.01. The van der Waals surface area contributed by atoms with E-state index in [1.54, 1.807) is 18.4 Å². The Morgan fingerprint density at radius 2 is 2.00 bits per heavy atom. The maximum Gasteiger partial charge on any atom is 0.191 e. The summed E-state index contributed by atoms with van der Waals surface area (Å²) in [6.07, 6.45) is 2.22. The molecule has 0 saturated carbocycles. The number of rotatable bonds is 9. The number of nitrogens with one attached hydrogen (secondary N) is 2. The Kier molecular flexibility index (Phi) is 8.80. The van der Waals surface area contributed by atoms with Gasteiger partial charge >= 0.3 is 0 Å². The van der Waals surface area contributed by atoms with Crippen molar-refractivity contribution in [1.82, 2.24) is 15.5 Å². The molecule has 1 aliphatic rings. The minimum absolute atomic E-state index is 0.608. The lowest BCUT2D eigenvalue weighted by Gasteiger charge is -2.31. The zero-order chi connectivity index (χ0) is 20.3. The van der Waals surface area contributed by atoms with E-state index in [0.29, 0.717) is 19.2 Å². The SMILES string of the molecule is CN=C(NCc1ccsc1)NCc1cccc(OCCN(C)C2CCOCC2)c1. The van der Waals surface area contributed by atoms with E-state index in [0.717, 1.165) is 50.9 Å². The van der Waals surface area contributed by atoms with Crippen LogP contribution in [0.3, 0.4) is 0 Å². The molecule has 0 amide bonds. The molecular weight excluding hydrogens is 384 g/mol. The minimum Gasteiger partial charge on any atom is -0.492 e. The highest BCUT2D eigenvalue weighted by Crippen LogP contribution is 2.15. The van der Waals surface area contributed by atoms with Gasteiger partial charge in [0.05, 0.1) is 0 Å². The molecule has 1 aromatic carbocycles. The van der Waals surface area contributed by atoms with Crippen molar-refractivity contribution in [3.8, 4) is 5.75 Å². The van der Waals surface area contributed by atoms with Crippen LogP contribution in [0.1, 0.15) is 24.0 Å². The van der Waals surface area contributed by atoms with E-state index in [1.807, 2.05) is 12.1 Å². The topological polar surface area (TPSA) is 58.1 Å². The van der Waals surface area contributed by atoms with E-state index in [1.165, 1.54) is 11.1 Å². The van der Waals surface area contributed by atoms with E-state index in [4.69, 9.17) is 9.47 Å². The van der Waals surface area contributed by atoms with Crippen LogP contribution in [0.4, 0.5) is 0 Å².